The average Bonchev–Trinajstić information content (AvgIpc) is 2.81. The van der Waals surface area contributed by atoms with Gasteiger partial charge in [-0.2, -0.15) is 0 Å². The van der Waals surface area contributed by atoms with E-state index in [9.17, 15) is 0 Å². The summed E-state index contributed by atoms with van der Waals surface area (Å²) in [4.78, 5) is 11.3. The lowest BCUT2D eigenvalue weighted by molar-refractivity contribution is 0.199. The molecule has 2 N–H and O–H groups in total. The molecule has 0 radical (unpaired) electrons. The molecule has 1 aliphatic heterocycles. The fourth-order valence-corrected chi connectivity index (χ4v) is 3.50. The molecule has 0 aliphatic carbocycles. The summed E-state index contributed by atoms with van der Waals surface area (Å²) in [5, 5.41) is 12.5. The maximum atomic E-state index is 9.16. The Bertz CT molecular complexity index is 1070. The highest BCUT2D eigenvalue weighted by molar-refractivity contribution is 5.64. The number of benzene rings is 2. The number of nitrogens with zero attached hydrogens (tertiary/aromatic N) is 3. The van der Waals surface area contributed by atoms with E-state index in [1.165, 1.54) is 0 Å². The van der Waals surface area contributed by atoms with Crippen molar-refractivity contribution in [1.29, 1.82) is 0 Å². The van der Waals surface area contributed by atoms with Crippen molar-refractivity contribution in [3.63, 3.8) is 0 Å². The van der Waals surface area contributed by atoms with Crippen LogP contribution in [0, 0.1) is 0 Å². The molecule has 1 aliphatic rings. The summed E-state index contributed by atoms with van der Waals surface area (Å²) in [6, 6.07) is 15.7. The van der Waals surface area contributed by atoms with Gasteiger partial charge in [0.1, 0.15) is 18.1 Å². The predicted octanol–water partition coefficient (Wildman–Crippen LogP) is 4.03. The van der Waals surface area contributed by atoms with Gasteiger partial charge in [0.25, 0.3) is 0 Å². The van der Waals surface area contributed by atoms with Crippen LogP contribution in [0.2, 0.25) is 0 Å². The molecule has 0 atom stereocenters. The second-order valence-corrected chi connectivity index (χ2v) is 7.62. The van der Waals surface area contributed by atoms with Gasteiger partial charge in [-0.15, -0.1) is 0 Å². The van der Waals surface area contributed by atoms with E-state index in [1.807, 2.05) is 48.5 Å². The number of anilines is 2. The number of aliphatic hydroxyl groups excluding tert-OH is 1. The van der Waals surface area contributed by atoms with E-state index in [4.69, 9.17) is 14.6 Å². The van der Waals surface area contributed by atoms with Crippen LogP contribution < -0.4 is 14.8 Å². The summed E-state index contributed by atoms with van der Waals surface area (Å²) in [6.07, 6.45) is 6.87. The van der Waals surface area contributed by atoms with Gasteiger partial charge in [0.2, 0.25) is 5.95 Å². The molecule has 6 bridgehead atoms. The largest absolute Gasteiger partial charge is 0.493 e. The lowest BCUT2D eigenvalue weighted by atomic mass is 10.1. The molecule has 32 heavy (non-hydrogen) atoms. The summed E-state index contributed by atoms with van der Waals surface area (Å²) in [6.45, 7) is 2.34. The number of fused-ring (bicyclic) bond motifs is 7. The van der Waals surface area contributed by atoms with Crippen molar-refractivity contribution in [3.8, 4) is 22.8 Å². The summed E-state index contributed by atoms with van der Waals surface area (Å²) >= 11 is 0. The first-order valence-corrected chi connectivity index (χ1v) is 10.7. The van der Waals surface area contributed by atoms with Gasteiger partial charge < -0.3 is 19.9 Å². The van der Waals surface area contributed by atoms with Gasteiger partial charge in [-0.05, 0) is 49.9 Å². The minimum absolute atomic E-state index is 0.0259. The lowest BCUT2D eigenvalue weighted by Gasteiger charge is -2.19. The Labute approximate surface area is 188 Å². The summed E-state index contributed by atoms with van der Waals surface area (Å²) in [5.74, 6) is 2.10. The number of hydrogen-bond donors (Lipinski definition) is 2. The number of aromatic nitrogens is 2. The highest BCUT2D eigenvalue weighted by atomic mass is 16.5. The zero-order valence-corrected chi connectivity index (χ0v) is 18.2. The Morgan fingerprint density at radius 1 is 1.16 bits per heavy atom. The number of nitrogens with one attached hydrogen (secondary N) is 1. The van der Waals surface area contributed by atoms with Crippen molar-refractivity contribution in [2.24, 2.45) is 0 Å². The van der Waals surface area contributed by atoms with Crippen molar-refractivity contribution >= 4 is 11.6 Å². The predicted molar refractivity (Wildman–Crippen MR) is 125 cm³/mol. The number of likely N-dealkylation sites (N-methyl/N-ethyl adjacent to an activating group) is 1. The Balaban J connectivity index is 1.68. The van der Waals surface area contributed by atoms with Gasteiger partial charge in [-0.1, -0.05) is 24.3 Å². The molecule has 0 unspecified atom stereocenters. The molecule has 0 spiro atoms. The molecule has 4 rings (SSSR count). The minimum atomic E-state index is -0.0259. The van der Waals surface area contributed by atoms with E-state index in [2.05, 4.69) is 39.4 Å². The van der Waals surface area contributed by atoms with Gasteiger partial charge in [0.05, 0.1) is 18.9 Å². The van der Waals surface area contributed by atoms with Crippen LogP contribution in [-0.2, 0) is 6.54 Å². The van der Waals surface area contributed by atoms with Crippen LogP contribution >= 0.6 is 0 Å². The zero-order chi connectivity index (χ0) is 22.2. The van der Waals surface area contributed by atoms with E-state index in [-0.39, 0.29) is 13.2 Å². The molecule has 0 fully saturated rings. The smallest absolute Gasteiger partial charge is 0.227 e. The van der Waals surface area contributed by atoms with Gasteiger partial charge in [-0.3, -0.25) is 4.90 Å². The average molecular weight is 433 g/mol. The third-order valence-corrected chi connectivity index (χ3v) is 5.03. The van der Waals surface area contributed by atoms with Crippen LogP contribution in [0.25, 0.3) is 11.3 Å². The monoisotopic (exact) mass is 432 g/mol. The van der Waals surface area contributed by atoms with Crippen LogP contribution in [-0.4, -0.2) is 53.4 Å². The highest BCUT2D eigenvalue weighted by Gasteiger charge is 2.10. The molecule has 7 heteroatoms. The molecule has 0 saturated carbocycles. The fourth-order valence-electron chi connectivity index (χ4n) is 3.50. The first-order chi connectivity index (χ1) is 15.7. The Morgan fingerprint density at radius 2 is 2.09 bits per heavy atom. The minimum Gasteiger partial charge on any atom is -0.493 e. The number of ether oxygens (including phenoxy) is 2. The third kappa shape index (κ3) is 5.84. The number of aliphatic hydroxyl groups is 1. The van der Waals surface area contributed by atoms with Crippen LogP contribution in [0.1, 0.15) is 12.0 Å². The van der Waals surface area contributed by atoms with E-state index in [0.717, 1.165) is 47.0 Å². The normalized spacial score (nSPS) is 15.6. The zero-order valence-electron chi connectivity index (χ0n) is 18.2. The van der Waals surface area contributed by atoms with Crippen LogP contribution in [0.15, 0.2) is 66.9 Å². The SMILES string of the molecule is CN1C/C=C/CCOc2cccc(c2)-c2ccnc(n2)Nc2ccc(OCCO)c(c2)C1. The van der Waals surface area contributed by atoms with E-state index >= 15 is 0 Å². The number of hydrogen-bond acceptors (Lipinski definition) is 7. The topological polar surface area (TPSA) is 79.7 Å². The Morgan fingerprint density at radius 3 is 3.00 bits per heavy atom. The standard InChI is InChI=1S/C25H28N4O3/c1-29-12-3-2-4-14-31-22-7-5-6-19(17-22)23-10-11-26-25(28-23)27-21-8-9-24(32-15-13-30)20(16-21)18-29/h2-3,5-11,16-17,30H,4,12-15,18H2,1H3,(H,26,27,28)/b3-2+. The summed E-state index contributed by atoms with van der Waals surface area (Å²) in [5.41, 5.74) is 3.68. The highest BCUT2D eigenvalue weighted by Crippen LogP contribution is 2.27. The maximum absolute atomic E-state index is 9.16. The van der Waals surface area contributed by atoms with Crippen molar-refractivity contribution < 1.29 is 14.6 Å². The van der Waals surface area contributed by atoms with Gasteiger partial charge in [0.15, 0.2) is 0 Å². The van der Waals surface area contributed by atoms with Crippen LogP contribution in [0.3, 0.4) is 0 Å². The third-order valence-electron chi connectivity index (χ3n) is 5.03. The lowest BCUT2D eigenvalue weighted by Crippen LogP contribution is -2.18. The van der Waals surface area contributed by atoms with Crippen molar-refractivity contribution in [1.82, 2.24) is 14.9 Å². The molecule has 1 aromatic heterocycles. The molecular formula is C25H28N4O3. The van der Waals surface area contributed by atoms with Gasteiger partial charge >= 0.3 is 0 Å². The first kappa shape index (κ1) is 21.8. The molecule has 2 aromatic carbocycles. The first-order valence-electron chi connectivity index (χ1n) is 10.7. The van der Waals surface area contributed by atoms with E-state index in [0.29, 0.717) is 19.1 Å². The molecule has 3 aromatic rings. The Kier molecular flexibility index (Phi) is 7.32. The van der Waals surface area contributed by atoms with Gasteiger partial charge in [0, 0.05) is 36.1 Å². The van der Waals surface area contributed by atoms with Crippen LogP contribution in [0.4, 0.5) is 11.6 Å². The summed E-state index contributed by atoms with van der Waals surface area (Å²) in [7, 11) is 2.06. The quantitative estimate of drug-likeness (QED) is 0.605. The second kappa shape index (κ2) is 10.7. The molecule has 0 saturated heterocycles. The molecular weight excluding hydrogens is 404 g/mol. The van der Waals surface area contributed by atoms with E-state index < -0.39 is 0 Å². The molecule has 2 heterocycles. The molecule has 166 valence electrons. The number of rotatable bonds is 3. The Hall–Kier alpha value is -3.42. The van der Waals surface area contributed by atoms with Crippen molar-refractivity contribution in [2.75, 3.05) is 38.7 Å². The van der Waals surface area contributed by atoms with Gasteiger partial charge in [-0.25, -0.2) is 9.97 Å². The second-order valence-electron chi connectivity index (χ2n) is 7.62. The van der Waals surface area contributed by atoms with Crippen molar-refractivity contribution in [2.45, 2.75) is 13.0 Å². The van der Waals surface area contributed by atoms with Crippen LogP contribution in [0.5, 0.6) is 11.5 Å². The molecule has 0 amide bonds. The maximum Gasteiger partial charge on any atom is 0.227 e. The fraction of sp³-hybridized carbons (Fsp3) is 0.280. The van der Waals surface area contributed by atoms with E-state index in [1.54, 1.807) is 6.20 Å². The van der Waals surface area contributed by atoms with Crippen molar-refractivity contribution in [3.05, 3.63) is 72.4 Å². The molecule has 7 nitrogen and oxygen atoms in total. The summed E-state index contributed by atoms with van der Waals surface area (Å²) < 4.78 is 11.7.